The van der Waals surface area contributed by atoms with Gasteiger partial charge in [-0.3, -0.25) is 14.4 Å². The Labute approximate surface area is 175 Å². The number of aryl methyl sites for hydroxylation is 2. The quantitative estimate of drug-likeness (QED) is 0.729. The molecule has 0 radical (unpaired) electrons. The smallest absolute Gasteiger partial charge is 0.272 e. The van der Waals surface area contributed by atoms with E-state index in [0.717, 1.165) is 11.1 Å². The molecule has 29 heavy (non-hydrogen) atoms. The van der Waals surface area contributed by atoms with Crippen LogP contribution in [0.3, 0.4) is 0 Å². The van der Waals surface area contributed by atoms with Crippen molar-refractivity contribution in [3.8, 4) is 0 Å². The first-order valence-corrected chi connectivity index (χ1v) is 10.3. The van der Waals surface area contributed by atoms with E-state index in [-0.39, 0.29) is 23.0 Å². The number of hydrogen-bond donors (Lipinski definition) is 1. The number of carbonyl (C=O) groups excluding carboxylic acids is 3. The zero-order valence-corrected chi connectivity index (χ0v) is 18.0. The highest BCUT2D eigenvalue weighted by atomic mass is 32.2. The van der Waals surface area contributed by atoms with E-state index in [9.17, 15) is 14.4 Å². The Bertz CT molecular complexity index is 1020. The Kier molecular flexibility index (Phi) is 5.94. The number of nitrogens with one attached hydrogen (secondary N) is 1. The Balaban J connectivity index is 2.07. The highest BCUT2D eigenvalue weighted by Crippen LogP contribution is 2.41. The third-order valence-electron chi connectivity index (χ3n) is 4.49. The van der Waals surface area contributed by atoms with Crippen molar-refractivity contribution in [2.75, 3.05) is 10.2 Å². The van der Waals surface area contributed by atoms with Crippen LogP contribution < -0.4 is 10.2 Å². The second-order valence-electron chi connectivity index (χ2n) is 7.36. The summed E-state index contributed by atoms with van der Waals surface area (Å²) >= 11 is 1.40. The molecule has 0 bridgehead atoms. The van der Waals surface area contributed by atoms with Crippen LogP contribution in [0.15, 0.2) is 47.4 Å². The molecule has 0 saturated heterocycles. The molecule has 3 amide bonds. The maximum atomic E-state index is 13.4. The zero-order chi connectivity index (χ0) is 21.3. The molecule has 6 heteroatoms. The lowest BCUT2D eigenvalue weighted by Gasteiger charge is -2.18. The van der Waals surface area contributed by atoms with E-state index in [1.54, 1.807) is 24.3 Å². The Hall–Kier alpha value is -2.86. The standard InChI is InChI=1S/C23H24N2O3S/c1-13(2)29-21-20(17-8-10-18(11-9-17)24-16(5)26)22(27)25(23(21)28)19-12-14(3)6-7-15(19)4/h6-13H,1-5H3,(H,24,26). The lowest BCUT2D eigenvalue weighted by atomic mass is 10.1. The van der Waals surface area contributed by atoms with Crippen molar-refractivity contribution >= 4 is 46.4 Å². The predicted octanol–water partition coefficient (Wildman–Crippen LogP) is 4.69. The average molecular weight is 409 g/mol. The first-order chi connectivity index (χ1) is 13.7. The van der Waals surface area contributed by atoms with Crippen molar-refractivity contribution in [2.24, 2.45) is 0 Å². The van der Waals surface area contributed by atoms with Crippen molar-refractivity contribution in [1.82, 2.24) is 0 Å². The molecule has 2 aromatic carbocycles. The van der Waals surface area contributed by atoms with Crippen molar-refractivity contribution < 1.29 is 14.4 Å². The van der Waals surface area contributed by atoms with E-state index in [1.165, 1.54) is 23.6 Å². The molecule has 150 valence electrons. The number of anilines is 2. The number of imide groups is 1. The van der Waals surface area contributed by atoms with Gasteiger partial charge in [0.25, 0.3) is 11.8 Å². The summed E-state index contributed by atoms with van der Waals surface area (Å²) in [5, 5.41) is 2.86. The van der Waals surface area contributed by atoms with E-state index in [2.05, 4.69) is 5.32 Å². The van der Waals surface area contributed by atoms with Gasteiger partial charge in [-0.1, -0.05) is 38.1 Å². The van der Waals surface area contributed by atoms with Crippen LogP contribution in [-0.4, -0.2) is 23.0 Å². The number of carbonyl (C=O) groups is 3. The van der Waals surface area contributed by atoms with Crippen molar-refractivity contribution in [3.63, 3.8) is 0 Å². The van der Waals surface area contributed by atoms with Gasteiger partial charge in [0.05, 0.1) is 16.2 Å². The predicted molar refractivity (Wildman–Crippen MR) is 119 cm³/mol. The van der Waals surface area contributed by atoms with Crippen molar-refractivity contribution in [1.29, 1.82) is 0 Å². The van der Waals surface area contributed by atoms with Gasteiger partial charge in [0.1, 0.15) is 0 Å². The van der Waals surface area contributed by atoms with Crippen molar-refractivity contribution in [2.45, 2.75) is 39.9 Å². The molecule has 0 unspecified atom stereocenters. The first kappa shape index (κ1) is 20.9. The average Bonchev–Trinajstić information content (AvgIpc) is 2.87. The zero-order valence-electron chi connectivity index (χ0n) is 17.2. The fourth-order valence-corrected chi connectivity index (χ4v) is 4.20. The molecule has 0 fully saturated rings. The first-order valence-electron chi connectivity index (χ1n) is 9.44. The molecular weight excluding hydrogens is 384 g/mol. The third-order valence-corrected chi connectivity index (χ3v) is 5.58. The largest absolute Gasteiger partial charge is 0.326 e. The number of amides is 3. The summed E-state index contributed by atoms with van der Waals surface area (Å²) in [6.07, 6.45) is 0. The normalized spacial score (nSPS) is 14.2. The van der Waals surface area contributed by atoms with Crippen LogP contribution in [0, 0.1) is 13.8 Å². The molecule has 5 nitrogen and oxygen atoms in total. The van der Waals surface area contributed by atoms with Crippen LogP contribution >= 0.6 is 11.8 Å². The van der Waals surface area contributed by atoms with E-state index in [0.29, 0.717) is 27.4 Å². The van der Waals surface area contributed by atoms with Gasteiger partial charge in [-0.05, 0) is 48.7 Å². The molecular formula is C23H24N2O3S. The van der Waals surface area contributed by atoms with Crippen LogP contribution in [0.4, 0.5) is 11.4 Å². The van der Waals surface area contributed by atoms with Crippen molar-refractivity contribution in [3.05, 3.63) is 64.1 Å². The minimum atomic E-state index is -0.320. The SMILES string of the molecule is CC(=O)Nc1ccc(C2=C(SC(C)C)C(=O)N(c3cc(C)ccc3C)C2=O)cc1. The van der Waals surface area contributed by atoms with E-state index < -0.39 is 0 Å². The molecule has 1 heterocycles. The van der Waals surface area contributed by atoms with E-state index in [1.807, 2.05) is 45.9 Å². The number of benzene rings is 2. The highest BCUT2D eigenvalue weighted by molar-refractivity contribution is 8.04. The molecule has 3 rings (SSSR count). The fraction of sp³-hybridized carbons (Fsp3) is 0.261. The van der Waals surface area contributed by atoms with Gasteiger partial charge in [0.2, 0.25) is 5.91 Å². The highest BCUT2D eigenvalue weighted by Gasteiger charge is 2.41. The summed E-state index contributed by atoms with van der Waals surface area (Å²) in [6, 6.07) is 12.7. The lowest BCUT2D eigenvalue weighted by molar-refractivity contribution is -0.120. The van der Waals surface area contributed by atoms with Crippen LogP contribution in [0.1, 0.15) is 37.5 Å². The van der Waals surface area contributed by atoms with Gasteiger partial charge in [0, 0.05) is 17.9 Å². The molecule has 0 atom stereocenters. The maximum Gasteiger partial charge on any atom is 0.272 e. The number of rotatable bonds is 5. The number of hydrogen-bond acceptors (Lipinski definition) is 4. The van der Waals surface area contributed by atoms with Crippen LogP contribution in [-0.2, 0) is 14.4 Å². The summed E-state index contributed by atoms with van der Waals surface area (Å²) < 4.78 is 0. The third kappa shape index (κ3) is 4.27. The van der Waals surface area contributed by atoms with Crippen LogP contribution in [0.2, 0.25) is 0 Å². The summed E-state index contributed by atoms with van der Waals surface area (Å²) in [5.74, 6) is -0.774. The van der Waals surface area contributed by atoms with Gasteiger partial charge in [-0.25, -0.2) is 4.90 Å². The molecule has 0 aromatic heterocycles. The molecule has 1 aliphatic rings. The van der Waals surface area contributed by atoms with E-state index in [4.69, 9.17) is 0 Å². The Morgan fingerprint density at radius 1 is 1.00 bits per heavy atom. The number of nitrogens with zero attached hydrogens (tertiary/aromatic N) is 1. The summed E-state index contributed by atoms with van der Waals surface area (Å²) in [7, 11) is 0. The Morgan fingerprint density at radius 2 is 1.66 bits per heavy atom. The van der Waals surface area contributed by atoms with Crippen LogP contribution in [0.5, 0.6) is 0 Å². The minimum Gasteiger partial charge on any atom is -0.326 e. The fourth-order valence-electron chi connectivity index (χ4n) is 3.21. The molecule has 2 aromatic rings. The second-order valence-corrected chi connectivity index (χ2v) is 8.95. The van der Waals surface area contributed by atoms with Gasteiger partial charge < -0.3 is 5.32 Å². The molecule has 0 saturated carbocycles. The van der Waals surface area contributed by atoms with Gasteiger partial charge in [-0.15, -0.1) is 11.8 Å². The number of thioether (sulfide) groups is 1. The van der Waals surface area contributed by atoms with Gasteiger partial charge in [0.15, 0.2) is 0 Å². The molecule has 1 aliphatic heterocycles. The molecule has 0 spiro atoms. The molecule has 1 N–H and O–H groups in total. The summed E-state index contributed by atoms with van der Waals surface area (Å²) in [6.45, 7) is 9.26. The maximum absolute atomic E-state index is 13.4. The van der Waals surface area contributed by atoms with Crippen LogP contribution in [0.25, 0.3) is 5.57 Å². The lowest BCUT2D eigenvalue weighted by Crippen LogP contribution is -2.32. The minimum absolute atomic E-state index is 0.147. The van der Waals surface area contributed by atoms with Gasteiger partial charge >= 0.3 is 0 Å². The van der Waals surface area contributed by atoms with E-state index >= 15 is 0 Å². The Morgan fingerprint density at radius 3 is 2.24 bits per heavy atom. The molecule has 0 aliphatic carbocycles. The summed E-state index contributed by atoms with van der Waals surface area (Å²) in [5.41, 5.74) is 4.18. The summed E-state index contributed by atoms with van der Waals surface area (Å²) in [4.78, 5) is 39.7. The monoisotopic (exact) mass is 408 g/mol. The topological polar surface area (TPSA) is 66.5 Å². The second kappa shape index (κ2) is 8.25. The van der Waals surface area contributed by atoms with Gasteiger partial charge in [-0.2, -0.15) is 0 Å².